The number of thioether (sulfide) groups is 1. The minimum atomic E-state index is -1.24. The number of fused-ring (bicyclic) bond motifs is 1. The normalized spacial score (nSPS) is 16.3. The molecule has 43 heavy (non-hydrogen) atoms. The number of nitrogens with zero attached hydrogens (tertiary/aromatic N) is 6. The first-order valence-corrected chi connectivity index (χ1v) is 14.6. The van der Waals surface area contributed by atoms with Gasteiger partial charge < -0.3 is 9.51 Å². The van der Waals surface area contributed by atoms with Crippen molar-refractivity contribution < 1.29 is 24.0 Å². The molecule has 1 amide bonds. The van der Waals surface area contributed by atoms with Crippen molar-refractivity contribution in [1.29, 1.82) is 0 Å². The summed E-state index contributed by atoms with van der Waals surface area (Å²) in [6, 6.07) is 14.0. The Morgan fingerprint density at radius 2 is 1.88 bits per heavy atom. The van der Waals surface area contributed by atoms with E-state index in [1.807, 2.05) is 19.1 Å². The van der Waals surface area contributed by atoms with Crippen LogP contribution in [-0.2, 0) is 15.3 Å². The Labute approximate surface area is 251 Å². The van der Waals surface area contributed by atoms with Gasteiger partial charge in [-0.1, -0.05) is 53.4 Å². The molecular weight excluding hydrogens is 595 g/mol. The summed E-state index contributed by atoms with van der Waals surface area (Å²) in [5.41, 5.74) is 2.59. The molecule has 0 spiro atoms. The Bertz CT molecular complexity index is 1970. The van der Waals surface area contributed by atoms with Crippen molar-refractivity contribution in [2.45, 2.75) is 30.0 Å². The van der Waals surface area contributed by atoms with Crippen molar-refractivity contribution in [2.24, 2.45) is 0 Å². The number of hydrogen-bond donors (Lipinski definition) is 1. The molecule has 1 unspecified atom stereocenters. The molecule has 2 aromatic carbocycles. The molecule has 11 nitrogen and oxygen atoms in total. The number of aliphatic hydroxyl groups is 1. The molecule has 0 bridgehead atoms. The highest BCUT2D eigenvalue weighted by molar-refractivity contribution is 8.00. The largest absolute Gasteiger partial charge is 0.505 e. The monoisotopic (exact) mass is 616 g/mol. The first-order chi connectivity index (χ1) is 20.6. The lowest BCUT2D eigenvalue weighted by atomic mass is 9.96. The van der Waals surface area contributed by atoms with Gasteiger partial charge in [-0.05, 0) is 48.7 Å². The number of Topliss-reactive ketones (excluding diaryl/α,β-unsaturated/α-hetero) is 1. The second kappa shape index (κ2) is 11.0. The third-order valence-electron chi connectivity index (χ3n) is 7.03. The predicted molar refractivity (Wildman–Crippen MR) is 158 cm³/mol. The van der Waals surface area contributed by atoms with Crippen LogP contribution in [0.15, 0.2) is 76.8 Å². The topological polar surface area (TPSA) is 144 Å². The van der Waals surface area contributed by atoms with E-state index >= 15 is 0 Å². The Hall–Kier alpha value is -4.95. The van der Waals surface area contributed by atoms with Crippen molar-refractivity contribution >= 4 is 57.0 Å². The molecule has 0 saturated carbocycles. The summed E-state index contributed by atoms with van der Waals surface area (Å²) in [5, 5.41) is 31.6. The third-order valence-corrected chi connectivity index (χ3v) is 9.15. The van der Waals surface area contributed by atoms with Crippen LogP contribution in [-0.4, -0.2) is 41.3 Å². The van der Waals surface area contributed by atoms with Crippen LogP contribution in [0.4, 0.5) is 15.2 Å². The lowest BCUT2D eigenvalue weighted by Gasteiger charge is -2.22. The molecule has 0 aliphatic carbocycles. The summed E-state index contributed by atoms with van der Waals surface area (Å²) in [6.07, 6.45) is 1.77. The summed E-state index contributed by atoms with van der Waals surface area (Å²) in [7, 11) is 0. The van der Waals surface area contributed by atoms with Crippen LogP contribution in [0.5, 0.6) is 0 Å². The van der Waals surface area contributed by atoms with Gasteiger partial charge in [0.25, 0.3) is 11.5 Å². The maximum atomic E-state index is 13.6. The smallest absolute Gasteiger partial charge is 0.301 e. The zero-order valence-electron chi connectivity index (χ0n) is 22.6. The molecule has 1 aliphatic heterocycles. The molecule has 4 heterocycles. The van der Waals surface area contributed by atoms with Crippen molar-refractivity contribution in [2.75, 3.05) is 4.90 Å². The van der Waals surface area contributed by atoms with Crippen LogP contribution in [0, 0.1) is 29.8 Å². The van der Waals surface area contributed by atoms with Gasteiger partial charge in [0, 0.05) is 24.1 Å². The summed E-state index contributed by atoms with van der Waals surface area (Å²) in [6.45, 7) is 3.58. The van der Waals surface area contributed by atoms with E-state index in [2.05, 4.69) is 15.2 Å². The SMILES string of the molecule is Cc1cccn2c(C)c(/C(O)=C3\C(=O)C(=O)N(c4nnc(SCc5ccc(F)cc5)s4)C3c3cccc([N+](=O)[O-])c3)nc12. The molecule has 3 aromatic heterocycles. The van der Waals surface area contributed by atoms with E-state index < -0.39 is 28.4 Å². The van der Waals surface area contributed by atoms with E-state index in [0.717, 1.165) is 27.4 Å². The number of nitro groups is 1. The van der Waals surface area contributed by atoms with Gasteiger partial charge in [0.2, 0.25) is 5.13 Å². The number of imidazole rings is 1. The lowest BCUT2D eigenvalue weighted by Crippen LogP contribution is -2.29. The lowest BCUT2D eigenvalue weighted by molar-refractivity contribution is -0.384. The average molecular weight is 617 g/mol. The quantitative estimate of drug-likeness (QED) is 0.0458. The van der Waals surface area contributed by atoms with Gasteiger partial charge in [0.05, 0.1) is 22.2 Å². The number of pyridine rings is 1. The van der Waals surface area contributed by atoms with Gasteiger partial charge in [-0.3, -0.25) is 24.6 Å². The molecule has 1 saturated heterocycles. The fourth-order valence-corrected chi connectivity index (χ4v) is 6.73. The highest BCUT2D eigenvalue weighted by atomic mass is 32.2. The number of aryl methyl sites for hydroxylation is 2. The number of rotatable bonds is 7. The van der Waals surface area contributed by atoms with Gasteiger partial charge in [0.1, 0.15) is 17.2 Å². The number of aliphatic hydroxyl groups excluding tert-OH is 1. The van der Waals surface area contributed by atoms with Crippen molar-refractivity contribution in [3.63, 3.8) is 0 Å². The fraction of sp³-hybridized carbons (Fsp3) is 0.138. The van der Waals surface area contributed by atoms with Crippen LogP contribution in [0.25, 0.3) is 11.4 Å². The number of anilines is 1. The van der Waals surface area contributed by atoms with Gasteiger partial charge in [0.15, 0.2) is 10.1 Å². The molecule has 216 valence electrons. The number of hydrogen-bond acceptors (Lipinski definition) is 10. The molecular formula is C29H21FN6O5S2. The minimum absolute atomic E-state index is 0.0711. The van der Waals surface area contributed by atoms with Gasteiger partial charge >= 0.3 is 5.91 Å². The maximum Gasteiger partial charge on any atom is 0.301 e. The van der Waals surface area contributed by atoms with Crippen molar-refractivity contribution in [1.82, 2.24) is 19.6 Å². The number of ketones is 1. The summed E-state index contributed by atoms with van der Waals surface area (Å²) in [5.74, 6) is -2.36. The number of non-ortho nitro benzene ring substituents is 1. The molecule has 1 fully saturated rings. The Morgan fingerprint density at radius 3 is 2.60 bits per heavy atom. The molecule has 0 radical (unpaired) electrons. The van der Waals surface area contributed by atoms with Crippen LogP contribution >= 0.6 is 23.1 Å². The van der Waals surface area contributed by atoms with Gasteiger partial charge in [-0.25, -0.2) is 9.37 Å². The third kappa shape index (κ3) is 5.04. The van der Waals surface area contributed by atoms with Crippen molar-refractivity contribution in [3.8, 4) is 0 Å². The molecule has 5 aromatic rings. The van der Waals surface area contributed by atoms with E-state index in [4.69, 9.17) is 0 Å². The standard InChI is InChI=1S/C29H21FN6O5S2/c1-15-5-4-12-34-16(2)22(31-26(15)34)24(37)21-23(18-6-3-7-20(13-18)36(40)41)35(27(39)25(21)38)28-32-33-29(43-28)42-14-17-8-10-19(30)11-9-17/h3-13,23,37H,14H2,1-2H3/b24-21+. The number of aromatic nitrogens is 4. The number of amides is 1. The summed E-state index contributed by atoms with van der Waals surface area (Å²) >= 11 is 2.36. The van der Waals surface area contributed by atoms with Gasteiger partial charge in [-0.2, -0.15) is 0 Å². The Morgan fingerprint density at radius 1 is 1.12 bits per heavy atom. The molecule has 1 N–H and O–H groups in total. The van der Waals surface area contributed by atoms with Crippen molar-refractivity contribution in [3.05, 3.63) is 116 Å². The van der Waals surface area contributed by atoms with Crippen LogP contribution in [0.1, 0.15) is 34.1 Å². The zero-order valence-corrected chi connectivity index (χ0v) is 24.2. The van der Waals surface area contributed by atoms with Gasteiger partial charge in [-0.15, -0.1) is 10.2 Å². The number of carbonyl (C=O) groups excluding carboxylic acids is 2. The second-order valence-corrected chi connectivity index (χ2v) is 11.9. The van der Waals surface area contributed by atoms with E-state index in [1.165, 1.54) is 48.2 Å². The summed E-state index contributed by atoms with van der Waals surface area (Å²) < 4.78 is 15.5. The average Bonchev–Trinajstić information content (AvgIpc) is 3.68. The zero-order chi connectivity index (χ0) is 30.4. The van der Waals surface area contributed by atoms with E-state index in [0.29, 0.717) is 21.4 Å². The molecule has 1 aliphatic rings. The van der Waals surface area contributed by atoms with E-state index in [1.54, 1.807) is 29.7 Å². The number of benzene rings is 2. The first-order valence-electron chi connectivity index (χ1n) is 12.8. The van der Waals surface area contributed by atoms with Crippen LogP contribution in [0.2, 0.25) is 0 Å². The van der Waals surface area contributed by atoms with E-state index in [9.17, 15) is 29.2 Å². The molecule has 6 rings (SSSR count). The number of halogens is 1. The van der Waals surface area contributed by atoms with Crippen LogP contribution in [0.3, 0.4) is 0 Å². The summed E-state index contributed by atoms with van der Waals surface area (Å²) in [4.78, 5) is 43.8. The molecule has 14 heteroatoms. The number of nitro benzene ring substituents is 1. The van der Waals surface area contributed by atoms with E-state index in [-0.39, 0.29) is 33.5 Å². The fourth-order valence-electron chi connectivity index (χ4n) is 4.91. The highest BCUT2D eigenvalue weighted by Gasteiger charge is 2.49. The first kappa shape index (κ1) is 28.2. The maximum absolute atomic E-state index is 13.6. The highest BCUT2D eigenvalue weighted by Crippen LogP contribution is 2.44. The van der Waals surface area contributed by atoms with Crippen LogP contribution < -0.4 is 4.90 Å². The minimum Gasteiger partial charge on any atom is -0.505 e. The molecule has 1 atom stereocenters. The Balaban J connectivity index is 1.46. The number of carbonyl (C=O) groups is 2. The Kier molecular flexibility index (Phi) is 7.23. The predicted octanol–water partition coefficient (Wildman–Crippen LogP) is 5.77. The second-order valence-electron chi connectivity index (χ2n) is 9.72.